The van der Waals surface area contributed by atoms with Crippen molar-refractivity contribution in [1.82, 2.24) is 9.80 Å². The maximum absolute atomic E-state index is 12.2. The number of nitrogens with zero attached hydrogens (tertiary/aromatic N) is 2. The predicted molar refractivity (Wildman–Crippen MR) is 95.7 cm³/mol. The van der Waals surface area contributed by atoms with E-state index in [1.165, 1.54) is 0 Å². The van der Waals surface area contributed by atoms with Crippen LogP contribution in [0.2, 0.25) is 0 Å². The molecule has 2 saturated heterocycles. The lowest BCUT2D eigenvalue weighted by Gasteiger charge is -2.43. The van der Waals surface area contributed by atoms with E-state index in [1.54, 1.807) is 0 Å². The molecule has 2 atom stereocenters. The van der Waals surface area contributed by atoms with Gasteiger partial charge in [0.05, 0.1) is 18.1 Å². The maximum Gasteiger partial charge on any atom is 0.153 e. The van der Waals surface area contributed by atoms with Crippen LogP contribution in [-0.2, 0) is 16.4 Å². The summed E-state index contributed by atoms with van der Waals surface area (Å²) in [5.41, 5.74) is 0. The average molecular weight is 353 g/mol. The highest BCUT2D eigenvalue weighted by Crippen LogP contribution is 2.28. The molecule has 0 aliphatic carbocycles. The fourth-order valence-electron chi connectivity index (χ4n) is 3.78. The highest BCUT2D eigenvalue weighted by Gasteiger charge is 2.46. The molecular formula is C18H28N2O3S. The second-order valence-electron chi connectivity index (χ2n) is 6.95. The van der Waals surface area contributed by atoms with E-state index in [0.29, 0.717) is 6.54 Å². The van der Waals surface area contributed by atoms with Gasteiger partial charge in [-0.05, 0) is 25.5 Å². The van der Waals surface area contributed by atoms with E-state index in [0.717, 1.165) is 44.0 Å². The zero-order valence-corrected chi connectivity index (χ0v) is 15.5. The van der Waals surface area contributed by atoms with Gasteiger partial charge < -0.3 is 4.42 Å². The number of hydrogen-bond donors (Lipinski definition) is 0. The Morgan fingerprint density at radius 3 is 2.54 bits per heavy atom. The first-order valence-corrected chi connectivity index (χ1v) is 10.7. The first kappa shape index (κ1) is 17.7. The van der Waals surface area contributed by atoms with E-state index >= 15 is 0 Å². The van der Waals surface area contributed by atoms with Crippen LogP contribution in [0, 0.1) is 6.92 Å². The minimum Gasteiger partial charge on any atom is -0.465 e. The Morgan fingerprint density at radius 1 is 1.17 bits per heavy atom. The molecule has 1 aromatic rings. The third-order valence-electron chi connectivity index (χ3n) is 5.02. The summed E-state index contributed by atoms with van der Waals surface area (Å²) in [4.78, 5) is 4.63. The lowest BCUT2D eigenvalue weighted by molar-refractivity contribution is 0.0434. The number of allylic oxidation sites excluding steroid dienone is 1. The molecule has 0 bridgehead atoms. The van der Waals surface area contributed by atoms with Crippen LogP contribution in [0.3, 0.4) is 0 Å². The number of furan rings is 1. The minimum atomic E-state index is -2.96. The Morgan fingerprint density at radius 2 is 1.88 bits per heavy atom. The van der Waals surface area contributed by atoms with Crippen LogP contribution >= 0.6 is 0 Å². The molecule has 0 saturated carbocycles. The molecule has 0 spiro atoms. The summed E-state index contributed by atoms with van der Waals surface area (Å²) in [6, 6.07) is 4.14. The third kappa shape index (κ3) is 4.10. The Labute approximate surface area is 145 Å². The Balaban J connectivity index is 1.70. The van der Waals surface area contributed by atoms with Crippen LogP contribution in [-0.4, -0.2) is 61.4 Å². The zero-order chi connectivity index (χ0) is 17.2. The number of fused-ring (bicyclic) bond motifs is 1. The van der Waals surface area contributed by atoms with Crippen molar-refractivity contribution in [1.29, 1.82) is 0 Å². The van der Waals surface area contributed by atoms with Crippen molar-refractivity contribution < 1.29 is 12.8 Å². The highest BCUT2D eigenvalue weighted by molar-refractivity contribution is 7.91. The molecule has 2 aliphatic rings. The zero-order valence-electron chi connectivity index (χ0n) is 14.6. The summed E-state index contributed by atoms with van der Waals surface area (Å²) in [6.45, 7) is 7.45. The molecule has 3 heterocycles. The SMILES string of the molecule is CCC/C=C/CN1CCN(Cc2ccc(C)o2)[C@H]2CS(=O)(=O)C[C@H]21. The van der Waals surface area contributed by atoms with Crippen LogP contribution in [0.4, 0.5) is 0 Å². The topological polar surface area (TPSA) is 53.8 Å². The van der Waals surface area contributed by atoms with Gasteiger partial charge in [0.2, 0.25) is 0 Å². The molecule has 0 unspecified atom stereocenters. The van der Waals surface area contributed by atoms with Gasteiger partial charge in [0.1, 0.15) is 11.5 Å². The standard InChI is InChI=1S/C18H28N2O3S/c1-3-4-5-6-9-19-10-11-20(12-16-8-7-15(2)23-16)18-14-24(21,22)13-17(18)19/h5-8,17-18H,3-4,9-14H2,1-2H3/b6-5+/t17-,18+/m1/s1. The predicted octanol–water partition coefficient (Wildman–Crippen LogP) is 2.23. The van der Waals surface area contributed by atoms with Gasteiger partial charge in [-0.3, -0.25) is 9.80 Å². The summed E-state index contributed by atoms with van der Waals surface area (Å²) >= 11 is 0. The van der Waals surface area contributed by atoms with Crippen molar-refractivity contribution >= 4 is 9.84 Å². The van der Waals surface area contributed by atoms with Gasteiger partial charge in [0.25, 0.3) is 0 Å². The van der Waals surface area contributed by atoms with Gasteiger partial charge in [0, 0.05) is 31.7 Å². The van der Waals surface area contributed by atoms with Gasteiger partial charge >= 0.3 is 0 Å². The quantitative estimate of drug-likeness (QED) is 0.735. The Kier molecular flexibility index (Phi) is 5.47. The normalized spacial score (nSPS) is 27.8. The van der Waals surface area contributed by atoms with Crippen LogP contribution in [0.1, 0.15) is 31.3 Å². The molecule has 5 nitrogen and oxygen atoms in total. The van der Waals surface area contributed by atoms with E-state index in [4.69, 9.17) is 4.42 Å². The Bertz CT molecular complexity index is 680. The van der Waals surface area contributed by atoms with E-state index in [-0.39, 0.29) is 23.6 Å². The van der Waals surface area contributed by atoms with Crippen LogP contribution < -0.4 is 0 Å². The number of aryl methyl sites for hydroxylation is 1. The van der Waals surface area contributed by atoms with Crippen LogP contribution in [0.25, 0.3) is 0 Å². The number of hydrogen-bond acceptors (Lipinski definition) is 5. The van der Waals surface area contributed by atoms with Crippen molar-refractivity contribution in [3.05, 3.63) is 35.8 Å². The number of piperazine rings is 1. The highest BCUT2D eigenvalue weighted by atomic mass is 32.2. The molecule has 0 amide bonds. The molecule has 24 heavy (non-hydrogen) atoms. The molecule has 0 N–H and O–H groups in total. The largest absolute Gasteiger partial charge is 0.465 e. The molecule has 0 radical (unpaired) electrons. The minimum absolute atomic E-state index is 0.0775. The van der Waals surface area contributed by atoms with Gasteiger partial charge in [-0.2, -0.15) is 0 Å². The summed E-state index contributed by atoms with van der Waals surface area (Å²) < 4.78 is 30.1. The van der Waals surface area contributed by atoms with E-state index < -0.39 is 9.84 Å². The summed E-state index contributed by atoms with van der Waals surface area (Å²) in [6.07, 6.45) is 6.63. The molecule has 3 rings (SSSR count). The molecule has 6 heteroatoms. The van der Waals surface area contributed by atoms with Crippen molar-refractivity contribution in [3.8, 4) is 0 Å². The second-order valence-corrected chi connectivity index (χ2v) is 9.10. The van der Waals surface area contributed by atoms with Crippen LogP contribution in [0.5, 0.6) is 0 Å². The fourth-order valence-corrected chi connectivity index (χ4v) is 5.83. The fraction of sp³-hybridized carbons (Fsp3) is 0.667. The lowest BCUT2D eigenvalue weighted by Crippen LogP contribution is -2.58. The van der Waals surface area contributed by atoms with Crippen LogP contribution in [0.15, 0.2) is 28.7 Å². The maximum atomic E-state index is 12.2. The summed E-state index contributed by atoms with van der Waals surface area (Å²) in [7, 11) is -2.96. The number of rotatable bonds is 6. The Hall–Kier alpha value is -1.11. The molecule has 2 fully saturated rings. The molecule has 134 valence electrons. The average Bonchev–Trinajstić information content (AvgIpc) is 3.07. The summed E-state index contributed by atoms with van der Waals surface area (Å²) in [5, 5.41) is 0. The third-order valence-corrected chi connectivity index (χ3v) is 6.72. The monoisotopic (exact) mass is 352 g/mol. The van der Waals surface area contributed by atoms with Gasteiger partial charge in [-0.25, -0.2) is 8.42 Å². The van der Waals surface area contributed by atoms with Crippen molar-refractivity contribution in [2.45, 2.75) is 45.3 Å². The number of sulfone groups is 1. The lowest BCUT2D eigenvalue weighted by atomic mass is 10.0. The molecule has 2 aliphatic heterocycles. The molecular weight excluding hydrogens is 324 g/mol. The molecule has 0 aromatic carbocycles. The first-order chi connectivity index (χ1) is 11.5. The van der Waals surface area contributed by atoms with E-state index in [9.17, 15) is 8.42 Å². The van der Waals surface area contributed by atoms with Gasteiger partial charge in [0.15, 0.2) is 9.84 Å². The van der Waals surface area contributed by atoms with E-state index in [2.05, 4.69) is 28.9 Å². The smallest absolute Gasteiger partial charge is 0.153 e. The van der Waals surface area contributed by atoms with Crippen molar-refractivity contribution in [2.75, 3.05) is 31.1 Å². The first-order valence-electron chi connectivity index (χ1n) is 8.87. The van der Waals surface area contributed by atoms with Gasteiger partial charge in [-0.15, -0.1) is 0 Å². The van der Waals surface area contributed by atoms with E-state index in [1.807, 2.05) is 19.1 Å². The molecule has 1 aromatic heterocycles. The van der Waals surface area contributed by atoms with Crippen molar-refractivity contribution in [2.24, 2.45) is 0 Å². The number of unbranched alkanes of at least 4 members (excludes halogenated alkanes) is 1. The summed E-state index contributed by atoms with van der Waals surface area (Å²) in [5.74, 6) is 2.38. The van der Waals surface area contributed by atoms with Crippen molar-refractivity contribution in [3.63, 3.8) is 0 Å². The second kappa shape index (κ2) is 7.42. The van der Waals surface area contributed by atoms with Gasteiger partial charge in [-0.1, -0.05) is 25.5 Å².